The van der Waals surface area contributed by atoms with Crippen molar-refractivity contribution in [2.45, 2.75) is 23.5 Å². The Morgan fingerprint density at radius 1 is 1.03 bits per heavy atom. The van der Waals surface area contributed by atoms with Crippen molar-refractivity contribution in [2.75, 3.05) is 24.7 Å². The van der Waals surface area contributed by atoms with Gasteiger partial charge in [0.05, 0.1) is 22.6 Å². The lowest BCUT2D eigenvalue weighted by Gasteiger charge is -2.13. The molecule has 6 nitrogen and oxygen atoms in total. The Bertz CT molecular complexity index is 1000. The number of thioether (sulfide) groups is 1. The molecule has 1 atom stereocenters. The number of ketones is 1. The van der Waals surface area contributed by atoms with E-state index >= 15 is 0 Å². The van der Waals surface area contributed by atoms with E-state index in [-0.39, 0.29) is 35.8 Å². The number of Topliss-reactive ketones (excluding diaryl/α,β-unsaturated/α-hetero) is 1. The highest BCUT2D eigenvalue weighted by molar-refractivity contribution is 8.02. The van der Waals surface area contributed by atoms with Crippen LogP contribution in [0.25, 0.3) is 0 Å². The second-order valence-electron chi connectivity index (χ2n) is 6.68. The monoisotopic (exact) mass is 434 g/mol. The Balaban J connectivity index is 1.56. The van der Waals surface area contributed by atoms with E-state index in [4.69, 9.17) is 9.47 Å². The summed E-state index contributed by atoms with van der Waals surface area (Å²) in [5.41, 5.74) is 0.887. The van der Waals surface area contributed by atoms with Crippen molar-refractivity contribution >= 4 is 33.4 Å². The number of rotatable bonds is 8. The van der Waals surface area contributed by atoms with Crippen LogP contribution in [0.15, 0.2) is 53.4 Å². The Kier molecular flexibility index (Phi) is 6.97. The molecule has 0 unspecified atom stereocenters. The predicted octanol–water partition coefficient (Wildman–Crippen LogP) is 3.40. The molecule has 0 saturated carbocycles. The highest BCUT2D eigenvalue weighted by Gasteiger charge is 2.29. The van der Waals surface area contributed by atoms with Crippen LogP contribution in [0.3, 0.4) is 0 Å². The van der Waals surface area contributed by atoms with Crippen molar-refractivity contribution < 1.29 is 27.5 Å². The second-order valence-corrected chi connectivity index (χ2v) is 10.2. The number of hydrogen-bond donors (Lipinski definition) is 0. The lowest BCUT2D eigenvalue weighted by atomic mass is 10.1. The van der Waals surface area contributed by atoms with E-state index in [2.05, 4.69) is 0 Å². The van der Waals surface area contributed by atoms with Crippen LogP contribution in [0.4, 0.5) is 0 Å². The molecule has 1 fully saturated rings. The van der Waals surface area contributed by atoms with E-state index in [1.807, 2.05) is 6.07 Å². The zero-order valence-electron chi connectivity index (χ0n) is 16.0. The summed E-state index contributed by atoms with van der Waals surface area (Å²) in [5.74, 6) is 0.185. The molecule has 2 aromatic carbocycles. The topological polar surface area (TPSA) is 86.7 Å². The van der Waals surface area contributed by atoms with E-state index in [1.165, 1.54) is 18.7 Å². The first-order valence-electron chi connectivity index (χ1n) is 9.22. The molecular formula is C21H22O6S2. The molecular weight excluding hydrogens is 412 g/mol. The van der Waals surface area contributed by atoms with Gasteiger partial charge in [-0.25, -0.2) is 13.2 Å². The minimum absolute atomic E-state index is 0.0296. The van der Waals surface area contributed by atoms with E-state index < -0.39 is 15.8 Å². The van der Waals surface area contributed by atoms with Gasteiger partial charge in [-0.3, -0.25) is 4.79 Å². The number of carbonyl (C=O) groups excluding carboxylic acids is 2. The van der Waals surface area contributed by atoms with Gasteiger partial charge in [-0.05, 0) is 37.6 Å². The number of para-hydroxylation sites is 1. The minimum atomic E-state index is -2.98. The molecule has 0 radical (unpaired) electrons. The van der Waals surface area contributed by atoms with Gasteiger partial charge in [-0.2, -0.15) is 0 Å². The van der Waals surface area contributed by atoms with Crippen molar-refractivity contribution in [3.63, 3.8) is 0 Å². The van der Waals surface area contributed by atoms with Crippen LogP contribution >= 0.6 is 11.8 Å². The van der Waals surface area contributed by atoms with Gasteiger partial charge in [0.25, 0.3) is 0 Å². The van der Waals surface area contributed by atoms with Gasteiger partial charge < -0.3 is 9.47 Å². The molecule has 3 rings (SSSR count). The fourth-order valence-electron chi connectivity index (χ4n) is 3.02. The minimum Gasteiger partial charge on any atom is -0.489 e. The van der Waals surface area contributed by atoms with E-state index in [1.54, 1.807) is 42.5 Å². The SMILES string of the molecule is CC(=O)c1ccccc1OCCOC(=O)c1ccccc1S[C@H]1CCS(=O)(=O)C1. The van der Waals surface area contributed by atoms with Gasteiger partial charge >= 0.3 is 5.97 Å². The maximum absolute atomic E-state index is 12.5. The van der Waals surface area contributed by atoms with E-state index in [0.717, 1.165) is 0 Å². The molecule has 0 aliphatic carbocycles. The van der Waals surface area contributed by atoms with Crippen molar-refractivity contribution in [1.82, 2.24) is 0 Å². The highest BCUT2D eigenvalue weighted by atomic mass is 32.2. The molecule has 1 aliphatic heterocycles. The molecule has 0 spiro atoms. The number of sulfone groups is 1. The lowest BCUT2D eigenvalue weighted by Crippen LogP contribution is -2.14. The van der Waals surface area contributed by atoms with Crippen LogP contribution in [0.2, 0.25) is 0 Å². The fraction of sp³-hybridized carbons (Fsp3) is 0.333. The highest BCUT2D eigenvalue weighted by Crippen LogP contribution is 2.33. The van der Waals surface area contributed by atoms with Gasteiger partial charge in [-0.1, -0.05) is 24.3 Å². The molecule has 1 saturated heterocycles. The van der Waals surface area contributed by atoms with Gasteiger partial charge in [0.2, 0.25) is 0 Å². The fourth-order valence-corrected chi connectivity index (χ4v) is 6.64. The second kappa shape index (κ2) is 9.45. The van der Waals surface area contributed by atoms with Crippen molar-refractivity contribution in [3.8, 4) is 5.75 Å². The largest absolute Gasteiger partial charge is 0.489 e. The van der Waals surface area contributed by atoms with Crippen LogP contribution in [0.5, 0.6) is 5.75 Å². The summed E-state index contributed by atoms with van der Waals surface area (Å²) < 4.78 is 34.2. The normalized spacial score (nSPS) is 17.6. The lowest BCUT2D eigenvalue weighted by molar-refractivity contribution is 0.0445. The molecule has 0 amide bonds. The molecule has 0 bridgehead atoms. The molecule has 0 N–H and O–H groups in total. The van der Waals surface area contributed by atoms with Crippen molar-refractivity contribution in [2.24, 2.45) is 0 Å². The summed E-state index contributed by atoms with van der Waals surface area (Å²) in [6, 6.07) is 13.9. The summed E-state index contributed by atoms with van der Waals surface area (Å²) >= 11 is 1.40. The molecule has 1 heterocycles. The number of ether oxygens (including phenoxy) is 2. The summed E-state index contributed by atoms with van der Waals surface area (Å²) in [4.78, 5) is 24.8. The van der Waals surface area contributed by atoms with Crippen LogP contribution in [-0.2, 0) is 14.6 Å². The summed E-state index contributed by atoms with van der Waals surface area (Å²) in [7, 11) is -2.98. The maximum Gasteiger partial charge on any atom is 0.339 e. The summed E-state index contributed by atoms with van der Waals surface area (Å²) in [5, 5.41) is -0.0552. The third kappa shape index (κ3) is 5.83. The first-order chi connectivity index (χ1) is 13.9. The zero-order chi connectivity index (χ0) is 20.9. The summed E-state index contributed by atoms with van der Waals surface area (Å²) in [6.45, 7) is 1.61. The standard InChI is InChI=1S/C21H22O6S2/c1-15(22)17-6-2-4-8-19(17)26-11-12-27-21(23)18-7-3-5-9-20(18)28-16-10-13-29(24,25)14-16/h2-9,16H,10-14H2,1H3/t16-/m0/s1. The van der Waals surface area contributed by atoms with Crippen molar-refractivity contribution in [1.29, 1.82) is 0 Å². The van der Waals surface area contributed by atoms with E-state index in [9.17, 15) is 18.0 Å². The van der Waals surface area contributed by atoms with Gasteiger partial charge in [0.15, 0.2) is 15.6 Å². The van der Waals surface area contributed by atoms with E-state index in [0.29, 0.717) is 28.2 Å². The molecule has 8 heteroatoms. The molecule has 0 aromatic heterocycles. The zero-order valence-corrected chi connectivity index (χ0v) is 17.6. The average Bonchev–Trinajstić information content (AvgIpc) is 3.04. The van der Waals surface area contributed by atoms with Gasteiger partial charge in [-0.15, -0.1) is 11.8 Å². The average molecular weight is 435 g/mol. The number of carbonyl (C=O) groups is 2. The third-order valence-corrected chi connectivity index (χ3v) is 7.76. The first kappa shape index (κ1) is 21.4. The molecule has 154 valence electrons. The van der Waals surface area contributed by atoms with Crippen LogP contribution < -0.4 is 4.74 Å². The Labute approximate surface area is 174 Å². The molecule has 29 heavy (non-hydrogen) atoms. The van der Waals surface area contributed by atoms with Crippen LogP contribution in [0.1, 0.15) is 34.1 Å². The van der Waals surface area contributed by atoms with Crippen LogP contribution in [-0.4, -0.2) is 50.1 Å². The quantitative estimate of drug-likeness (QED) is 0.357. The van der Waals surface area contributed by atoms with Gasteiger partial charge in [0, 0.05) is 10.1 Å². The van der Waals surface area contributed by atoms with Crippen LogP contribution in [0, 0.1) is 0 Å². The van der Waals surface area contributed by atoms with Crippen molar-refractivity contribution in [3.05, 3.63) is 59.7 Å². The van der Waals surface area contributed by atoms with Gasteiger partial charge in [0.1, 0.15) is 19.0 Å². The smallest absolute Gasteiger partial charge is 0.339 e. The molecule has 2 aromatic rings. The number of hydrogen-bond acceptors (Lipinski definition) is 7. The predicted molar refractivity (Wildman–Crippen MR) is 112 cm³/mol. The number of benzene rings is 2. The maximum atomic E-state index is 12.5. The Morgan fingerprint density at radius 2 is 1.72 bits per heavy atom. The first-order valence-corrected chi connectivity index (χ1v) is 11.9. The third-order valence-electron chi connectivity index (χ3n) is 4.43. The summed E-state index contributed by atoms with van der Waals surface area (Å²) in [6.07, 6.45) is 0.583. The number of esters is 1. The Hall–Kier alpha value is -2.32. The molecule has 1 aliphatic rings. The Morgan fingerprint density at radius 3 is 2.41 bits per heavy atom.